The minimum atomic E-state index is -4.45. The number of aryl methyl sites for hydroxylation is 2. The molecular weight excluding hydrogens is 331 g/mol. The summed E-state index contributed by atoms with van der Waals surface area (Å²) in [5.41, 5.74) is 0.749. The third kappa shape index (κ3) is 2.89. The van der Waals surface area contributed by atoms with E-state index in [2.05, 4.69) is 15.0 Å². The molecule has 0 aliphatic rings. The number of thiophene rings is 1. The number of alkyl halides is 3. The van der Waals surface area contributed by atoms with Crippen LogP contribution in [0.4, 0.5) is 13.2 Å². The molecule has 0 saturated heterocycles. The minimum absolute atomic E-state index is 0.166. The van der Waals surface area contributed by atoms with Crippen LogP contribution in [0.5, 0.6) is 0 Å². The van der Waals surface area contributed by atoms with E-state index in [1.54, 1.807) is 23.6 Å². The van der Waals surface area contributed by atoms with Gasteiger partial charge in [0.15, 0.2) is 16.5 Å². The van der Waals surface area contributed by atoms with E-state index in [1.807, 2.05) is 19.9 Å². The second-order valence-electron chi connectivity index (χ2n) is 4.63. The van der Waals surface area contributed by atoms with Crippen molar-refractivity contribution in [2.75, 3.05) is 0 Å². The Labute approximate surface area is 132 Å². The summed E-state index contributed by atoms with van der Waals surface area (Å²) >= 11 is 2.54. The van der Waals surface area contributed by atoms with Gasteiger partial charge in [-0.25, -0.2) is 15.0 Å². The lowest BCUT2D eigenvalue weighted by Crippen LogP contribution is -2.05. The number of nitrogens with zero attached hydrogens (tertiary/aromatic N) is 3. The van der Waals surface area contributed by atoms with Gasteiger partial charge in [-0.05, 0) is 26.0 Å². The van der Waals surface area contributed by atoms with Crippen LogP contribution in [0.3, 0.4) is 0 Å². The molecule has 0 amide bonds. The molecule has 0 fully saturated rings. The lowest BCUT2D eigenvalue weighted by molar-refractivity contribution is -0.140. The van der Waals surface area contributed by atoms with E-state index in [9.17, 15) is 13.2 Å². The zero-order chi connectivity index (χ0) is 15.9. The maximum atomic E-state index is 12.6. The van der Waals surface area contributed by atoms with Crippen LogP contribution in [0.1, 0.15) is 15.4 Å². The highest BCUT2D eigenvalue weighted by molar-refractivity contribution is 7.13. The summed E-state index contributed by atoms with van der Waals surface area (Å²) in [5, 5.41) is 1.14. The molecule has 8 heteroatoms. The van der Waals surface area contributed by atoms with Gasteiger partial charge in [0.1, 0.15) is 0 Å². The number of thiazole rings is 1. The SMILES string of the molecule is Cc1cc(-c2ccnc(-c3nc(C(F)(F)F)cs3)n2)c(C)s1. The van der Waals surface area contributed by atoms with E-state index < -0.39 is 11.9 Å². The summed E-state index contributed by atoms with van der Waals surface area (Å²) in [7, 11) is 0. The van der Waals surface area contributed by atoms with E-state index in [-0.39, 0.29) is 10.8 Å². The fraction of sp³-hybridized carbons (Fsp3) is 0.214. The Bertz CT molecular complexity index is 821. The molecule has 0 unspecified atom stereocenters. The Morgan fingerprint density at radius 2 is 1.91 bits per heavy atom. The van der Waals surface area contributed by atoms with Crippen LogP contribution < -0.4 is 0 Å². The third-order valence-electron chi connectivity index (χ3n) is 2.96. The van der Waals surface area contributed by atoms with Gasteiger partial charge in [-0.15, -0.1) is 22.7 Å². The zero-order valence-electron chi connectivity index (χ0n) is 11.6. The lowest BCUT2D eigenvalue weighted by Gasteiger charge is -2.02. The largest absolute Gasteiger partial charge is 0.434 e. The van der Waals surface area contributed by atoms with Crippen LogP contribution in [0.15, 0.2) is 23.7 Å². The number of hydrogen-bond donors (Lipinski definition) is 0. The van der Waals surface area contributed by atoms with Crippen LogP contribution in [0, 0.1) is 13.8 Å². The first kappa shape index (κ1) is 15.1. The van der Waals surface area contributed by atoms with E-state index in [0.717, 1.165) is 32.0 Å². The molecule has 0 atom stereocenters. The Morgan fingerprint density at radius 1 is 1.14 bits per heavy atom. The molecule has 0 aliphatic heterocycles. The Hall–Kier alpha value is -1.80. The minimum Gasteiger partial charge on any atom is -0.234 e. The fourth-order valence-corrected chi connectivity index (χ4v) is 3.70. The summed E-state index contributed by atoms with van der Waals surface area (Å²) in [6.07, 6.45) is -2.91. The first-order chi connectivity index (χ1) is 10.3. The van der Waals surface area contributed by atoms with Crippen molar-refractivity contribution in [3.63, 3.8) is 0 Å². The second-order valence-corrected chi connectivity index (χ2v) is 6.95. The molecule has 0 bridgehead atoms. The van der Waals surface area contributed by atoms with Gasteiger partial charge >= 0.3 is 6.18 Å². The summed E-state index contributed by atoms with van der Waals surface area (Å²) in [5.74, 6) is 0.209. The third-order valence-corrected chi connectivity index (χ3v) is 4.76. The van der Waals surface area contributed by atoms with Gasteiger partial charge in [0, 0.05) is 26.9 Å². The molecule has 3 heterocycles. The molecular formula is C14H10F3N3S2. The average Bonchev–Trinajstić information content (AvgIpc) is 3.05. The molecule has 3 aromatic rings. The predicted octanol–water partition coefficient (Wildman–Crippen LogP) is 4.96. The van der Waals surface area contributed by atoms with E-state index in [4.69, 9.17) is 0 Å². The van der Waals surface area contributed by atoms with E-state index >= 15 is 0 Å². The Balaban J connectivity index is 2.01. The first-order valence-electron chi connectivity index (χ1n) is 6.28. The normalized spacial score (nSPS) is 11.9. The predicted molar refractivity (Wildman–Crippen MR) is 80.9 cm³/mol. The highest BCUT2D eigenvalue weighted by Gasteiger charge is 2.34. The molecule has 0 saturated carbocycles. The van der Waals surface area contributed by atoms with Gasteiger partial charge in [0.05, 0.1) is 5.69 Å². The van der Waals surface area contributed by atoms with Gasteiger partial charge in [-0.3, -0.25) is 0 Å². The van der Waals surface area contributed by atoms with Gasteiger partial charge in [-0.2, -0.15) is 13.2 Å². The number of hydrogen-bond acceptors (Lipinski definition) is 5. The van der Waals surface area contributed by atoms with Crippen molar-refractivity contribution in [3.8, 4) is 22.1 Å². The fourth-order valence-electron chi connectivity index (χ4n) is 2.00. The highest BCUT2D eigenvalue weighted by Crippen LogP contribution is 2.34. The molecule has 0 spiro atoms. The number of rotatable bonds is 2. The summed E-state index contributed by atoms with van der Waals surface area (Å²) < 4.78 is 37.9. The van der Waals surface area contributed by atoms with Crippen molar-refractivity contribution in [1.29, 1.82) is 0 Å². The van der Waals surface area contributed by atoms with Crippen LogP contribution in [0.2, 0.25) is 0 Å². The molecule has 0 radical (unpaired) electrons. The van der Waals surface area contributed by atoms with Crippen LogP contribution in [0.25, 0.3) is 22.1 Å². The topological polar surface area (TPSA) is 38.7 Å². The monoisotopic (exact) mass is 341 g/mol. The molecule has 22 heavy (non-hydrogen) atoms. The number of halogens is 3. The standard InChI is InChI=1S/C14H10F3N3S2/c1-7-5-9(8(2)22-7)10-3-4-18-12(19-10)13-20-11(6-21-13)14(15,16)17/h3-6H,1-2H3. The molecule has 3 nitrogen and oxygen atoms in total. The summed E-state index contributed by atoms with van der Waals surface area (Å²) in [6.45, 7) is 3.99. The van der Waals surface area contributed by atoms with Gasteiger partial charge in [0.2, 0.25) is 0 Å². The van der Waals surface area contributed by atoms with E-state index in [1.165, 1.54) is 0 Å². The Morgan fingerprint density at radius 3 is 2.50 bits per heavy atom. The van der Waals surface area contributed by atoms with Crippen molar-refractivity contribution >= 4 is 22.7 Å². The molecule has 3 aromatic heterocycles. The smallest absolute Gasteiger partial charge is 0.234 e. The second kappa shape index (κ2) is 5.44. The van der Waals surface area contributed by atoms with Crippen molar-refractivity contribution < 1.29 is 13.2 Å². The average molecular weight is 341 g/mol. The summed E-state index contributed by atoms with van der Waals surface area (Å²) in [4.78, 5) is 14.2. The molecule has 114 valence electrons. The maximum Gasteiger partial charge on any atom is 0.434 e. The van der Waals surface area contributed by atoms with Crippen molar-refractivity contribution in [3.05, 3.63) is 39.2 Å². The highest BCUT2D eigenvalue weighted by atomic mass is 32.1. The summed E-state index contributed by atoms with van der Waals surface area (Å²) in [6, 6.07) is 3.76. The van der Waals surface area contributed by atoms with Crippen molar-refractivity contribution in [2.24, 2.45) is 0 Å². The zero-order valence-corrected chi connectivity index (χ0v) is 13.2. The van der Waals surface area contributed by atoms with E-state index in [0.29, 0.717) is 5.69 Å². The molecule has 0 N–H and O–H groups in total. The number of aromatic nitrogens is 3. The lowest BCUT2D eigenvalue weighted by atomic mass is 10.2. The van der Waals surface area contributed by atoms with Gasteiger partial charge in [-0.1, -0.05) is 0 Å². The quantitative estimate of drug-likeness (QED) is 0.661. The van der Waals surface area contributed by atoms with Crippen molar-refractivity contribution in [2.45, 2.75) is 20.0 Å². The first-order valence-corrected chi connectivity index (χ1v) is 7.98. The van der Waals surface area contributed by atoms with Gasteiger partial charge in [0.25, 0.3) is 0 Å². The molecule has 0 aliphatic carbocycles. The Kier molecular flexibility index (Phi) is 3.73. The maximum absolute atomic E-state index is 12.6. The van der Waals surface area contributed by atoms with Crippen LogP contribution in [-0.4, -0.2) is 15.0 Å². The molecule has 0 aromatic carbocycles. The van der Waals surface area contributed by atoms with Crippen LogP contribution in [-0.2, 0) is 6.18 Å². The molecule has 3 rings (SSSR count). The van der Waals surface area contributed by atoms with Crippen LogP contribution >= 0.6 is 22.7 Å². The van der Waals surface area contributed by atoms with Crippen molar-refractivity contribution in [1.82, 2.24) is 15.0 Å². The van der Waals surface area contributed by atoms with Gasteiger partial charge < -0.3 is 0 Å².